The van der Waals surface area contributed by atoms with Gasteiger partial charge < -0.3 is 28.8 Å². The van der Waals surface area contributed by atoms with Gasteiger partial charge in [0.15, 0.2) is 28.1 Å². The first-order valence-electron chi connectivity index (χ1n) is 15.0. The van der Waals surface area contributed by atoms with E-state index in [4.69, 9.17) is 23.7 Å². The van der Waals surface area contributed by atoms with Crippen LogP contribution in [0.3, 0.4) is 0 Å². The highest BCUT2D eigenvalue weighted by Crippen LogP contribution is 2.39. The third kappa shape index (κ3) is 7.78. The highest BCUT2D eigenvalue weighted by Gasteiger charge is 2.22. The van der Waals surface area contributed by atoms with Crippen molar-refractivity contribution in [2.75, 3.05) is 27.6 Å². The number of carboxylic acids is 1. The summed E-state index contributed by atoms with van der Waals surface area (Å²) in [6.45, 7) is 1.45. The number of carbonyl (C=O) groups excluding carboxylic acids is 1. The highest BCUT2D eigenvalue weighted by molar-refractivity contribution is 7.88. The zero-order valence-corrected chi connectivity index (χ0v) is 27.4. The lowest BCUT2D eigenvalue weighted by atomic mass is 10.0. The fourth-order valence-electron chi connectivity index (χ4n) is 5.04. The molecule has 0 aliphatic carbocycles. The Morgan fingerprint density at radius 2 is 1.79 bits per heavy atom. The summed E-state index contributed by atoms with van der Waals surface area (Å²) in [7, 11) is -1.03. The summed E-state index contributed by atoms with van der Waals surface area (Å²) in [6.07, 6.45) is 5.32. The molecule has 1 atom stereocenters. The number of aliphatic carboxylic acids is 1. The number of imidazole rings is 1. The predicted octanol–water partition coefficient (Wildman–Crippen LogP) is 5.58. The van der Waals surface area contributed by atoms with Crippen LogP contribution in [0, 0.1) is 0 Å². The molecular weight excluding hydrogens is 642 g/mol. The maximum Gasteiger partial charge on any atom is 0.331 e. The normalized spacial score (nSPS) is 13.5. The summed E-state index contributed by atoms with van der Waals surface area (Å²) < 4.78 is 56.1. The second-order valence-electron chi connectivity index (χ2n) is 10.6. The second kappa shape index (κ2) is 15.0. The molecule has 5 rings (SSSR count). The van der Waals surface area contributed by atoms with Crippen LogP contribution in [0.2, 0.25) is 0 Å². The Balaban J connectivity index is 1.53. The molecule has 0 radical (unpaired) electrons. The largest absolute Gasteiger partial charge is 0.497 e. The molecule has 0 fully saturated rings. The Labute approximate surface area is 277 Å². The van der Waals surface area contributed by atoms with Crippen LogP contribution < -0.4 is 23.7 Å². The summed E-state index contributed by atoms with van der Waals surface area (Å²) in [6, 6.07) is 15.9. The van der Waals surface area contributed by atoms with Crippen LogP contribution in [0.4, 0.5) is 0 Å². The lowest BCUT2D eigenvalue weighted by molar-refractivity contribution is -0.132. The number of methoxy groups -OCH3 is 2. The standard InChI is InChI=1S/C34H35N3O10S/c1-4-5-11-32-35-19-24(15-23(34(39)40)14-22-16-30-31(47-21-46-30)18-28(22)44-3)37(32)27-13-12-25(43-2)17-29(27)45-20-33(38)36-48(41,42)26-9-7-6-8-10-26/h6-10,12-13,15-19H,4-5,11,14,20-21H2,1-3H3,(H,39,40)(H,36,38,41,42). The van der Waals surface area contributed by atoms with Crippen molar-refractivity contribution in [2.24, 2.45) is 4.36 Å². The molecule has 0 saturated carbocycles. The van der Waals surface area contributed by atoms with Gasteiger partial charge in [-0.3, -0.25) is 13.9 Å². The van der Waals surface area contributed by atoms with Gasteiger partial charge in [0.05, 0.1) is 36.7 Å². The Morgan fingerprint density at radius 3 is 2.48 bits per heavy atom. The van der Waals surface area contributed by atoms with E-state index in [9.17, 15) is 23.5 Å². The van der Waals surface area contributed by atoms with Crippen LogP contribution in [0.1, 0.15) is 36.8 Å². The maximum atomic E-state index is 12.8. The van der Waals surface area contributed by atoms with E-state index in [-0.39, 0.29) is 29.4 Å². The van der Waals surface area contributed by atoms with Crippen LogP contribution in [-0.2, 0) is 32.4 Å². The number of hydrogen-bond acceptors (Lipinski definition) is 9. The SMILES string of the molecule is CCCCc1ncc(C=C(Cc2cc3c(cc2OC)OCO3)C(=O)O)n1-c1ccc(OC)cc1OCC(=O)N=S(=O)(O)c1ccccc1. The molecule has 0 bridgehead atoms. The van der Waals surface area contributed by atoms with E-state index < -0.39 is 28.5 Å². The Bertz CT molecular complexity index is 1960. The fourth-order valence-corrected chi connectivity index (χ4v) is 5.98. The average Bonchev–Trinajstić information content (AvgIpc) is 3.71. The van der Waals surface area contributed by atoms with Crippen LogP contribution >= 0.6 is 0 Å². The number of carboxylic acid groups (broad SMARTS) is 1. The molecule has 4 aromatic rings. The molecule has 1 amide bonds. The van der Waals surface area contributed by atoms with Crippen molar-refractivity contribution in [1.29, 1.82) is 0 Å². The van der Waals surface area contributed by atoms with E-state index in [0.717, 1.165) is 12.8 Å². The number of amides is 1. The number of nitrogens with zero attached hydrogens (tertiary/aromatic N) is 3. The van der Waals surface area contributed by atoms with Crippen LogP contribution in [0.25, 0.3) is 11.8 Å². The topological polar surface area (TPSA) is 168 Å². The molecule has 14 heteroatoms. The Morgan fingerprint density at radius 1 is 1.04 bits per heavy atom. The van der Waals surface area contributed by atoms with Crippen LogP contribution in [-0.4, -0.2) is 62.9 Å². The molecule has 2 N–H and O–H groups in total. The first-order valence-corrected chi connectivity index (χ1v) is 16.5. The quantitative estimate of drug-likeness (QED) is 0.160. The Hall–Kier alpha value is -5.34. The van der Waals surface area contributed by atoms with Crippen molar-refractivity contribution in [3.8, 4) is 34.4 Å². The minimum Gasteiger partial charge on any atom is -0.497 e. The van der Waals surface area contributed by atoms with Gasteiger partial charge in [-0.05, 0) is 42.8 Å². The first-order chi connectivity index (χ1) is 23.1. The lowest BCUT2D eigenvalue weighted by Crippen LogP contribution is -2.14. The Kier molecular flexibility index (Phi) is 10.7. The third-order valence-corrected chi connectivity index (χ3v) is 8.74. The minimum absolute atomic E-state index is 0.00551. The number of aryl methyl sites for hydroxylation is 1. The van der Waals surface area contributed by atoms with Gasteiger partial charge in [0, 0.05) is 36.1 Å². The van der Waals surface area contributed by atoms with Gasteiger partial charge in [0.25, 0.3) is 5.91 Å². The van der Waals surface area contributed by atoms with Crippen LogP contribution in [0.5, 0.6) is 28.7 Å². The molecule has 0 spiro atoms. The van der Waals surface area contributed by atoms with Crippen molar-refractivity contribution in [3.05, 3.63) is 89.5 Å². The van der Waals surface area contributed by atoms with Gasteiger partial charge >= 0.3 is 5.97 Å². The molecule has 252 valence electrons. The third-order valence-electron chi connectivity index (χ3n) is 7.40. The van der Waals surface area contributed by atoms with Crippen molar-refractivity contribution < 1.29 is 47.1 Å². The summed E-state index contributed by atoms with van der Waals surface area (Å²) in [5.74, 6) is 0.568. The van der Waals surface area contributed by atoms with Gasteiger partial charge in [-0.2, -0.15) is 0 Å². The smallest absolute Gasteiger partial charge is 0.331 e. The minimum atomic E-state index is -3.99. The second-order valence-corrected chi connectivity index (χ2v) is 12.3. The highest BCUT2D eigenvalue weighted by atomic mass is 32.2. The molecule has 13 nitrogen and oxygen atoms in total. The zero-order chi connectivity index (χ0) is 34.3. The number of carbonyl (C=O) groups is 2. The van der Waals surface area contributed by atoms with Gasteiger partial charge in [-0.15, -0.1) is 4.36 Å². The van der Waals surface area contributed by atoms with E-state index in [0.29, 0.717) is 52.2 Å². The number of rotatable bonds is 14. The number of fused-ring (bicyclic) bond motifs is 1. The molecule has 1 aliphatic heterocycles. The summed E-state index contributed by atoms with van der Waals surface area (Å²) in [4.78, 5) is 30.0. The summed E-state index contributed by atoms with van der Waals surface area (Å²) in [5.41, 5.74) is 1.50. The molecular formula is C34H35N3O10S. The number of hydrogen-bond donors (Lipinski definition) is 2. The summed E-state index contributed by atoms with van der Waals surface area (Å²) in [5, 5.41) is 10.3. The van der Waals surface area contributed by atoms with Gasteiger partial charge in [0.1, 0.15) is 23.1 Å². The van der Waals surface area contributed by atoms with E-state index in [1.807, 2.05) is 6.92 Å². The average molecular weight is 678 g/mol. The number of benzene rings is 3. The molecule has 3 aromatic carbocycles. The predicted molar refractivity (Wildman–Crippen MR) is 176 cm³/mol. The molecule has 1 aromatic heterocycles. The zero-order valence-electron chi connectivity index (χ0n) is 26.6. The van der Waals surface area contributed by atoms with Gasteiger partial charge in [0.2, 0.25) is 6.79 Å². The van der Waals surface area contributed by atoms with Gasteiger partial charge in [-0.1, -0.05) is 31.5 Å². The number of aromatic nitrogens is 2. The number of ether oxygens (including phenoxy) is 5. The number of unbranched alkanes of at least 4 members (excludes halogenated alkanes) is 1. The molecule has 2 heterocycles. The molecule has 48 heavy (non-hydrogen) atoms. The van der Waals surface area contributed by atoms with Crippen molar-refractivity contribution >= 4 is 28.0 Å². The van der Waals surface area contributed by atoms with E-state index in [1.54, 1.807) is 59.3 Å². The van der Waals surface area contributed by atoms with Gasteiger partial charge in [-0.25, -0.2) is 14.0 Å². The molecule has 1 unspecified atom stereocenters. The lowest BCUT2D eigenvalue weighted by Gasteiger charge is -2.17. The van der Waals surface area contributed by atoms with Crippen LogP contribution in [0.15, 0.2) is 81.7 Å². The molecule has 0 saturated heterocycles. The van der Waals surface area contributed by atoms with Crippen molar-refractivity contribution in [3.63, 3.8) is 0 Å². The van der Waals surface area contributed by atoms with Crippen molar-refractivity contribution in [2.45, 2.75) is 37.5 Å². The summed E-state index contributed by atoms with van der Waals surface area (Å²) >= 11 is 0. The first kappa shape index (κ1) is 34.0. The fraction of sp³-hybridized carbons (Fsp3) is 0.265. The van der Waals surface area contributed by atoms with Crippen molar-refractivity contribution in [1.82, 2.24) is 9.55 Å². The monoisotopic (exact) mass is 677 g/mol. The molecule has 1 aliphatic rings. The van der Waals surface area contributed by atoms with E-state index in [1.165, 1.54) is 32.4 Å². The maximum absolute atomic E-state index is 12.8. The van der Waals surface area contributed by atoms with E-state index in [2.05, 4.69) is 9.35 Å². The van der Waals surface area contributed by atoms with E-state index >= 15 is 0 Å².